The van der Waals surface area contributed by atoms with Crippen molar-refractivity contribution in [2.24, 2.45) is 5.92 Å². The van der Waals surface area contributed by atoms with E-state index in [1.54, 1.807) is 13.8 Å². The molecule has 0 radical (unpaired) electrons. The standard InChI is InChI=1S/C21H33FN3O8PS/c1-12(2)32-20(28)13(3)24-34(30,35-14-6-4-5-7-14)31-11-16-15(10-22)18(27)19(33-16)25-9-8-17(26)23-21(25)29/h8-9,12-16,18-19,27H,4-7,10-11H2,1-3H3,(H,24,30)(H,23,26,29)/t13-,15+,16+,18+,19+,34-/m0/s1. The number of esters is 1. The molecule has 1 aliphatic carbocycles. The van der Waals surface area contributed by atoms with Crippen LogP contribution in [0.3, 0.4) is 0 Å². The van der Waals surface area contributed by atoms with Crippen LogP contribution in [-0.2, 0) is 23.4 Å². The van der Waals surface area contributed by atoms with Crippen LogP contribution in [0.4, 0.5) is 4.39 Å². The van der Waals surface area contributed by atoms with Gasteiger partial charge in [0.05, 0.1) is 25.5 Å². The van der Waals surface area contributed by atoms with Crippen LogP contribution in [0.25, 0.3) is 0 Å². The summed E-state index contributed by atoms with van der Waals surface area (Å²) in [5, 5.41) is 13.4. The summed E-state index contributed by atoms with van der Waals surface area (Å²) in [4.78, 5) is 37.8. The Hall–Kier alpha value is -1.50. The number of H-pyrrole nitrogens is 1. The van der Waals surface area contributed by atoms with E-state index in [-0.39, 0.29) is 18.0 Å². The molecule has 2 heterocycles. The predicted molar refractivity (Wildman–Crippen MR) is 128 cm³/mol. The molecule has 1 saturated carbocycles. The van der Waals surface area contributed by atoms with Gasteiger partial charge >= 0.3 is 18.4 Å². The Kier molecular flexibility index (Phi) is 9.75. The largest absolute Gasteiger partial charge is 0.462 e. The molecule has 2 aliphatic rings. The summed E-state index contributed by atoms with van der Waals surface area (Å²) >= 11 is 1.12. The number of carbonyl (C=O) groups excluding carboxylic acids is 1. The first-order chi connectivity index (χ1) is 16.5. The molecule has 35 heavy (non-hydrogen) atoms. The van der Waals surface area contributed by atoms with E-state index in [1.165, 1.54) is 6.92 Å². The Bertz CT molecular complexity index is 1030. The maximum absolute atomic E-state index is 13.8. The van der Waals surface area contributed by atoms with Crippen LogP contribution >= 0.6 is 18.1 Å². The Labute approximate surface area is 206 Å². The van der Waals surface area contributed by atoms with E-state index in [1.807, 2.05) is 0 Å². The van der Waals surface area contributed by atoms with Crippen LogP contribution in [0.5, 0.6) is 0 Å². The van der Waals surface area contributed by atoms with Gasteiger partial charge in [-0.2, -0.15) is 0 Å². The number of carbonyl (C=O) groups is 1. The lowest BCUT2D eigenvalue weighted by Gasteiger charge is -2.26. The highest BCUT2D eigenvalue weighted by molar-refractivity contribution is 8.56. The highest BCUT2D eigenvalue weighted by Gasteiger charge is 2.46. The second-order valence-electron chi connectivity index (χ2n) is 9.03. The number of aliphatic hydroxyl groups excluding tert-OH is 1. The number of aromatic nitrogens is 2. The molecule has 3 N–H and O–H groups in total. The second-order valence-corrected chi connectivity index (χ2v) is 13.5. The minimum atomic E-state index is -3.67. The average molecular weight is 538 g/mol. The minimum Gasteiger partial charge on any atom is -0.462 e. The number of nitrogens with zero attached hydrogens (tertiary/aromatic N) is 1. The molecule has 1 aliphatic heterocycles. The summed E-state index contributed by atoms with van der Waals surface area (Å²) in [7, 11) is 0. The fraction of sp³-hybridized carbons (Fsp3) is 0.762. The number of ether oxygens (including phenoxy) is 2. The Morgan fingerprint density at radius 1 is 1.37 bits per heavy atom. The number of rotatable bonds is 11. The highest BCUT2D eigenvalue weighted by Crippen LogP contribution is 2.61. The van der Waals surface area contributed by atoms with Gasteiger partial charge < -0.3 is 19.1 Å². The lowest BCUT2D eigenvalue weighted by Crippen LogP contribution is -2.36. The maximum atomic E-state index is 13.8. The lowest BCUT2D eigenvalue weighted by molar-refractivity contribution is -0.149. The Balaban J connectivity index is 1.74. The van der Waals surface area contributed by atoms with E-state index in [2.05, 4.69) is 10.1 Å². The highest BCUT2D eigenvalue weighted by atomic mass is 32.7. The topological polar surface area (TPSA) is 149 Å². The van der Waals surface area contributed by atoms with Gasteiger partial charge in [0.1, 0.15) is 12.1 Å². The van der Waals surface area contributed by atoms with Gasteiger partial charge in [-0.15, -0.1) is 0 Å². The first-order valence-corrected chi connectivity index (χ1v) is 14.8. The van der Waals surface area contributed by atoms with Gasteiger partial charge in [-0.05, 0) is 33.6 Å². The fourth-order valence-electron chi connectivity index (χ4n) is 4.09. The lowest BCUT2D eigenvalue weighted by atomic mass is 10.00. The maximum Gasteiger partial charge on any atom is 0.330 e. The molecule has 2 fully saturated rings. The number of aromatic amines is 1. The van der Waals surface area contributed by atoms with Gasteiger partial charge in [0.2, 0.25) is 0 Å². The zero-order chi connectivity index (χ0) is 25.8. The molecule has 14 heteroatoms. The number of aliphatic hydroxyl groups is 1. The third-order valence-corrected chi connectivity index (χ3v) is 10.5. The molecule has 11 nitrogen and oxygen atoms in total. The zero-order valence-electron chi connectivity index (χ0n) is 19.9. The molecule has 1 aromatic heterocycles. The van der Waals surface area contributed by atoms with E-state index < -0.39 is 61.0 Å². The minimum absolute atomic E-state index is 0.0705. The van der Waals surface area contributed by atoms with Gasteiger partial charge in [-0.25, -0.2) is 9.88 Å². The predicted octanol–water partition coefficient (Wildman–Crippen LogP) is 2.11. The van der Waals surface area contributed by atoms with E-state index in [0.29, 0.717) is 0 Å². The van der Waals surface area contributed by atoms with E-state index in [4.69, 9.17) is 14.0 Å². The molecular formula is C21H33FN3O8PS. The molecule has 3 rings (SSSR count). The summed E-state index contributed by atoms with van der Waals surface area (Å²) in [5.41, 5.74) is -1.44. The normalized spacial score (nSPS) is 27.7. The SMILES string of the molecule is CC(C)OC(=O)[C@H](C)N[P@](=O)(OC[C@H]1O[C@@H](n2ccc(=O)[nH]c2=O)[C@H](O)[C@@H]1CF)SC1CCCC1. The van der Waals surface area contributed by atoms with Gasteiger partial charge in [0.25, 0.3) is 5.56 Å². The average Bonchev–Trinajstić information content (AvgIpc) is 3.39. The van der Waals surface area contributed by atoms with Gasteiger partial charge in [-0.3, -0.25) is 28.1 Å². The van der Waals surface area contributed by atoms with E-state index in [0.717, 1.165) is 53.9 Å². The molecule has 1 saturated heterocycles. The summed E-state index contributed by atoms with van der Waals surface area (Å²) in [5.74, 6) is -1.64. The van der Waals surface area contributed by atoms with Gasteiger partial charge in [0, 0.05) is 23.4 Å². The number of hydrogen-bond donors (Lipinski definition) is 3. The van der Waals surface area contributed by atoms with Gasteiger partial charge in [0.15, 0.2) is 6.23 Å². The summed E-state index contributed by atoms with van der Waals surface area (Å²) in [6.45, 7) is -0.0668. The molecule has 0 amide bonds. The molecule has 198 valence electrons. The van der Waals surface area contributed by atoms with Crippen LogP contribution in [0.1, 0.15) is 52.7 Å². The Morgan fingerprint density at radius 2 is 2.06 bits per heavy atom. The van der Waals surface area contributed by atoms with Crippen molar-refractivity contribution in [3.8, 4) is 0 Å². The van der Waals surface area contributed by atoms with Crippen LogP contribution in [0, 0.1) is 5.92 Å². The monoisotopic (exact) mass is 537 g/mol. The van der Waals surface area contributed by atoms with Crippen LogP contribution in [0.2, 0.25) is 0 Å². The van der Waals surface area contributed by atoms with Crippen LogP contribution in [0.15, 0.2) is 21.9 Å². The van der Waals surface area contributed by atoms with Crippen molar-refractivity contribution < 1.29 is 32.9 Å². The second kappa shape index (κ2) is 12.2. The fourth-order valence-corrected chi connectivity index (χ4v) is 8.98. The third kappa shape index (κ3) is 7.27. The van der Waals surface area contributed by atoms with E-state index >= 15 is 0 Å². The molecular weight excluding hydrogens is 504 g/mol. The van der Waals surface area contributed by atoms with Crippen molar-refractivity contribution in [3.05, 3.63) is 33.1 Å². The summed E-state index contributed by atoms with van der Waals surface area (Å²) in [6.07, 6.45) is 0.812. The van der Waals surface area contributed by atoms with Crippen molar-refractivity contribution in [1.82, 2.24) is 14.6 Å². The third-order valence-electron chi connectivity index (χ3n) is 5.88. The number of hydrogen-bond acceptors (Lipinski definition) is 9. The summed E-state index contributed by atoms with van der Waals surface area (Å²) in [6, 6.07) is 0.163. The first kappa shape index (κ1) is 28.1. The van der Waals surface area contributed by atoms with Crippen LogP contribution in [-0.4, -0.2) is 63.5 Å². The zero-order valence-corrected chi connectivity index (χ0v) is 21.6. The molecule has 0 aromatic carbocycles. The van der Waals surface area contributed by atoms with Crippen molar-refractivity contribution in [1.29, 1.82) is 0 Å². The van der Waals surface area contributed by atoms with Crippen molar-refractivity contribution in [3.63, 3.8) is 0 Å². The van der Waals surface area contributed by atoms with Crippen LogP contribution < -0.4 is 16.3 Å². The molecule has 6 atom stereocenters. The molecule has 0 unspecified atom stereocenters. The number of nitrogens with one attached hydrogen (secondary N) is 2. The molecule has 0 bridgehead atoms. The van der Waals surface area contributed by atoms with Crippen molar-refractivity contribution >= 4 is 24.1 Å². The first-order valence-electron chi connectivity index (χ1n) is 11.6. The number of halogens is 1. The van der Waals surface area contributed by atoms with E-state index in [9.17, 15) is 28.4 Å². The van der Waals surface area contributed by atoms with Crippen molar-refractivity contribution in [2.45, 2.75) is 82.3 Å². The van der Waals surface area contributed by atoms with Gasteiger partial charge in [-0.1, -0.05) is 24.2 Å². The smallest absolute Gasteiger partial charge is 0.330 e. The molecule has 1 aromatic rings. The van der Waals surface area contributed by atoms with Crippen molar-refractivity contribution in [2.75, 3.05) is 13.3 Å². The Morgan fingerprint density at radius 3 is 2.66 bits per heavy atom. The summed E-state index contributed by atoms with van der Waals surface area (Å²) < 4.78 is 45.3. The quantitative estimate of drug-likeness (QED) is 0.283. The molecule has 0 spiro atoms. The number of alkyl halides is 1.